The third-order valence-electron chi connectivity index (χ3n) is 0.723. The fourth-order valence-corrected chi connectivity index (χ4v) is 0.905. The number of pyridine rings is 1. The number of hydrogen-bond acceptors (Lipinski definition) is 1. The van der Waals surface area contributed by atoms with Crippen LogP contribution in [-0.4, -0.2) is 4.98 Å². The predicted octanol–water partition coefficient (Wildman–Crippen LogP) is -2.74. The maximum absolute atomic E-state index is 3.92. The summed E-state index contributed by atoms with van der Waals surface area (Å²) in [6.45, 7) is 0. The van der Waals surface area contributed by atoms with E-state index in [2.05, 4.69) is 11.1 Å². The second-order valence-electron chi connectivity index (χ2n) is 1.36. The van der Waals surface area contributed by atoms with Crippen molar-refractivity contribution in [2.75, 3.05) is 0 Å². The zero-order valence-electron chi connectivity index (χ0n) is 4.34. The van der Waals surface area contributed by atoms with Crippen LogP contribution in [0.25, 0.3) is 0 Å². The van der Waals surface area contributed by atoms with Gasteiger partial charge >= 0.3 is 52.0 Å². The van der Waals surface area contributed by atoms with Crippen molar-refractivity contribution in [1.82, 2.24) is 4.98 Å². The van der Waals surface area contributed by atoms with Crippen molar-refractivity contribution in [3.63, 3.8) is 0 Å². The average molecular weight is 179 g/mol. The third kappa shape index (κ3) is 2.39. The van der Waals surface area contributed by atoms with E-state index < -0.39 is 0 Å². The first-order chi connectivity index (χ1) is 3.39. The molecule has 1 rings (SSSR count). The van der Waals surface area contributed by atoms with Gasteiger partial charge in [0.05, 0.1) is 0 Å². The topological polar surface area (TPSA) is 12.9 Å². The molecule has 1 nitrogen and oxygen atoms in total. The van der Waals surface area contributed by atoms with E-state index in [4.69, 9.17) is 0 Å². The molecule has 0 amide bonds. The summed E-state index contributed by atoms with van der Waals surface area (Å²) in [5, 5.41) is 0. The Morgan fingerprint density at radius 3 is 2.50 bits per heavy atom. The first-order valence-corrected chi connectivity index (χ1v) is 3.60. The average Bonchev–Trinajstić information content (AvgIpc) is 1.69. The molecular formula is C5H4ClNZn. The van der Waals surface area contributed by atoms with Gasteiger partial charge in [0.1, 0.15) is 0 Å². The van der Waals surface area contributed by atoms with Crippen LogP contribution in [0.5, 0.6) is 0 Å². The van der Waals surface area contributed by atoms with Gasteiger partial charge in [-0.05, 0) is 0 Å². The van der Waals surface area contributed by atoms with Gasteiger partial charge in [0, 0.05) is 0 Å². The maximum atomic E-state index is 3.92. The molecule has 0 fully saturated rings. The summed E-state index contributed by atoms with van der Waals surface area (Å²) >= 11 is 1.20. The summed E-state index contributed by atoms with van der Waals surface area (Å²) in [6, 6.07) is 4.03. The first-order valence-electron chi connectivity index (χ1n) is 2.11. The molecule has 0 atom stereocenters. The van der Waals surface area contributed by atoms with Crippen molar-refractivity contribution in [2.45, 2.75) is 0 Å². The number of halogens is 1. The van der Waals surface area contributed by atoms with Crippen LogP contribution in [0.2, 0.25) is 0 Å². The molecule has 0 aliphatic carbocycles. The van der Waals surface area contributed by atoms with Crippen LogP contribution in [0.3, 0.4) is 0 Å². The third-order valence-corrected chi connectivity index (χ3v) is 1.60. The fraction of sp³-hybridized carbons (Fsp3) is 0. The Morgan fingerprint density at radius 2 is 2.25 bits per heavy atom. The van der Waals surface area contributed by atoms with Crippen LogP contribution in [-0.2, 0) is 18.3 Å². The van der Waals surface area contributed by atoms with E-state index in [0.29, 0.717) is 0 Å². The molecule has 0 bridgehead atoms. The van der Waals surface area contributed by atoms with Crippen LogP contribution in [0.4, 0.5) is 0 Å². The molecule has 1 aromatic heterocycles. The number of nitrogens with zero attached hydrogens (tertiary/aromatic N) is 1. The molecule has 0 aliphatic rings. The van der Waals surface area contributed by atoms with E-state index in [1.807, 2.05) is 12.3 Å². The Bertz CT molecular complexity index is 142. The van der Waals surface area contributed by atoms with Crippen molar-refractivity contribution < 1.29 is 30.7 Å². The molecule has 0 spiro atoms. The van der Waals surface area contributed by atoms with Crippen LogP contribution < -0.4 is 16.6 Å². The molecule has 0 radical (unpaired) electrons. The first kappa shape index (κ1) is 8.06. The van der Waals surface area contributed by atoms with Crippen LogP contribution in [0.1, 0.15) is 0 Å². The molecule has 3 heteroatoms. The van der Waals surface area contributed by atoms with E-state index in [0.717, 1.165) is 0 Å². The van der Waals surface area contributed by atoms with Crippen LogP contribution in [0.15, 0.2) is 24.5 Å². The zero-order chi connectivity index (χ0) is 5.11. The minimum atomic E-state index is 0. The van der Waals surface area contributed by atoms with Crippen LogP contribution >= 0.6 is 0 Å². The molecule has 1 heterocycles. The van der Waals surface area contributed by atoms with Gasteiger partial charge in [0.15, 0.2) is 0 Å². The summed E-state index contributed by atoms with van der Waals surface area (Å²) in [7, 11) is 0. The molecule has 0 saturated carbocycles. The van der Waals surface area contributed by atoms with Crippen molar-refractivity contribution in [2.24, 2.45) is 0 Å². The van der Waals surface area contributed by atoms with E-state index in [1.54, 1.807) is 6.20 Å². The Labute approximate surface area is 64.6 Å². The molecule has 1 aromatic rings. The van der Waals surface area contributed by atoms with Gasteiger partial charge in [-0.2, -0.15) is 0 Å². The SMILES string of the molecule is [Cl-].[Zn+][c]1cccnc1. The summed E-state index contributed by atoms with van der Waals surface area (Å²) in [5.74, 6) is 0. The second-order valence-corrected chi connectivity index (χ2v) is 3.07. The Kier molecular flexibility index (Phi) is 4.03. The summed E-state index contributed by atoms with van der Waals surface area (Å²) in [4.78, 5) is 3.92. The Hall–Kier alpha value is 0.0634. The van der Waals surface area contributed by atoms with Gasteiger partial charge in [-0.25, -0.2) is 0 Å². The number of hydrogen-bond donors (Lipinski definition) is 0. The quantitative estimate of drug-likeness (QED) is 0.393. The van der Waals surface area contributed by atoms with E-state index in [1.165, 1.54) is 22.5 Å². The molecule has 0 N–H and O–H groups in total. The fourth-order valence-electron chi connectivity index (χ4n) is 0.398. The van der Waals surface area contributed by atoms with E-state index in [-0.39, 0.29) is 12.4 Å². The van der Waals surface area contributed by atoms with Gasteiger partial charge in [0.25, 0.3) is 0 Å². The molecule has 8 heavy (non-hydrogen) atoms. The minimum absolute atomic E-state index is 0. The second kappa shape index (κ2) is 3.99. The normalized spacial score (nSPS) is 7.75. The molecule has 0 unspecified atom stereocenters. The number of rotatable bonds is 0. The standard InChI is InChI=1S/C5H4N.ClH.Zn/c1-2-4-6-5-3-1;;/h1-2,4-5H;1H;/q;;+1/p-1. The van der Waals surface area contributed by atoms with Gasteiger partial charge in [-0.15, -0.1) is 0 Å². The van der Waals surface area contributed by atoms with E-state index in [9.17, 15) is 0 Å². The van der Waals surface area contributed by atoms with Crippen molar-refractivity contribution in [3.8, 4) is 0 Å². The monoisotopic (exact) mass is 177 g/mol. The van der Waals surface area contributed by atoms with Gasteiger partial charge in [-0.1, -0.05) is 0 Å². The Balaban J connectivity index is 0.000000490. The molecular weight excluding hydrogens is 175 g/mol. The molecule has 0 aliphatic heterocycles. The van der Waals surface area contributed by atoms with Gasteiger partial charge in [0.2, 0.25) is 0 Å². The van der Waals surface area contributed by atoms with Crippen molar-refractivity contribution >= 4 is 4.16 Å². The summed E-state index contributed by atoms with van der Waals surface area (Å²) < 4.78 is 1.34. The molecule has 0 aromatic carbocycles. The Morgan fingerprint density at radius 1 is 1.50 bits per heavy atom. The zero-order valence-corrected chi connectivity index (χ0v) is 8.06. The van der Waals surface area contributed by atoms with Gasteiger partial charge in [-0.3, -0.25) is 0 Å². The molecule has 38 valence electrons. The van der Waals surface area contributed by atoms with Crippen LogP contribution in [0, 0.1) is 0 Å². The summed E-state index contributed by atoms with van der Waals surface area (Å²) in [6.07, 6.45) is 3.68. The summed E-state index contributed by atoms with van der Waals surface area (Å²) in [5.41, 5.74) is 0. The van der Waals surface area contributed by atoms with E-state index >= 15 is 0 Å². The van der Waals surface area contributed by atoms with Crippen molar-refractivity contribution in [3.05, 3.63) is 24.5 Å². The number of aromatic nitrogens is 1. The molecule has 0 saturated heterocycles. The van der Waals surface area contributed by atoms with Crippen molar-refractivity contribution in [1.29, 1.82) is 0 Å². The van der Waals surface area contributed by atoms with Gasteiger partial charge < -0.3 is 12.4 Å². The predicted molar refractivity (Wildman–Crippen MR) is 23.9 cm³/mol.